The van der Waals surface area contributed by atoms with Gasteiger partial charge in [0.1, 0.15) is 12.2 Å². The third-order valence-corrected chi connectivity index (χ3v) is 6.96. The molecule has 2 heterocycles. The number of para-hydroxylation sites is 1. The summed E-state index contributed by atoms with van der Waals surface area (Å²) in [6.07, 6.45) is 1.54. The van der Waals surface area contributed by atoms with Crippen LogP contribution in [0.4, 0.5) is 0 Å². The van der Waals surface area contributed by atoms with Gasteiger partial charge in [-0.3, -0.25) is 4.79 Å². The van der Waals surface area contributed by atoms with Gasteiger partial charge in [0.25, 0.3) is 5.56 Å². The highest BCUT2D eigenvalue weighted by Gasteiger charge is 2.18. The number of furan rings is 1. The Labute approximate surface area is 246 Å². The van der Waals surface area contributed by atoms with E-state index in [-0.39, 0.29) is 11.4 Å². The van der Waals surface area contributed by atoms with Crippen LogP contribution < -0.4 is 19.8 Å². The third-order valence-electron chi connectivity index (χ3n) is 6.72. The quantitative estimate of drug-likeness (QED) is 0.176. The molecule has 0 spiro atoms. The molecule has 42 heavy (non-hydrogen) atoms. The van der Waals surface area contributed by atoms with Gasteiger partial charge in [0.2, 0.25) is 11.6 Å². The summed E-state index contributed by atoms with van der Waals surface area (Å²) < 4.78 is 24.7. The molecule has 0 atom stereocenters. The molecule has 0 unspecified atom stereocenters. The van der Waals surface area contributed by atoms with Crippen LogP contribution >= 0.6 is 11.6 Å². The maximum absolute atomic E-state index is 13.6. The van der Waals surface area contributed by atoms with E-state index in [2.05, 4.69) is 11.2 Å². The van der Waals surface area contributed by atoms with E-state index < -0.39 is 0 Å². The van der Waals surface area contributed by atoms with Gasteiger partial charge in [-0.1, -0.05) is 53.6 Å². The molecule has 0 bridgehead atoms. The first-order valence-corrected chi connectivity index (χ1v) is 13.5. The first kappa shape index (κ1) is 27.1. The van der Waals surface area contributed by atoms with Crippen molar-refractivity contribution in [3.63, 3.8) is 0 Å². The summed E-state index contributed by atoms with van der Waals surface area (Å²) >= 11 is 6.18. The van der Waals surface area contributed by atoms with Crippen molar-refractivity contribution in [3.8, 4) is 28.8 Å². The second kappa shape index (κ2) is 11.4. The van der Waals surface area contributed by atoms with E-state index in [4.69, 9.17) is 35.2 Å². The molecular formula is C33H26ClN3O5. The minimum Gasteiger partial charge on any atom is -0.493 e. The fraction of sp³-hybridized carbons (Fsp3) is 0.121. The lowest BCUT2D eigenvalue weighted by Crippen LogP contribution is -2.20. The van der Waals surface area contributed by atoms with E-state index in [0.717, 1.165) is 16.5 Å². The summed E-state index contributed by atoms with van der Waals surface area (Å²) in [6, 6.07) is 25.8. The predicted molar refractivity (Wildman–Crippen MR) is 164 cm³/mol. The van der Waals surface area contributed by atoms with Gasteiger partial charge in [0.15, 0.2) is 17.3 Å². The van der Waals surface area contributed by atoms with Gasteiger partial charge in [-0.2, -0.15) is 9.78 Å². The molecule has 8 nitrogen and oxygen atoms in total. The number of hydrogen-bond acceptors (Lipinski definition) is 7. The Hall–Kier alpha value is -5.08. The number of hydrogen-bond donors (Lipinski definition) is 0. The molecule has 0 amide bonds. The van der Waals surface area contributed by atoms with E-state index in [9.17, 15) is 4.79 Å². The smallest absolute Gasteiger partial charge is 0.282 e. The molecular weight excluding hydrogens is 554 g/mol. The number of methoxy groups -OCH3 is 2. The molecule has 0 aliphatic carbocycles. The molecule has 4 aromatic carbocycles. The number of halogens is 1. The Balaban J connectivity index is 1.41. The summed E-state index contributed by atoms with van der Waals surface area (Å²) in [5.74, 6) is 2.01. The molecule has 0 fully saturated rings. The molecule has 9 heteroatoms. The molecule has 0 aliphatic heterocycles. The standard InChI is InChI=1S/C33H26ClN3O5/c1-20-7-6-8-21(13-20)19-41-31-28(39-2)14-22(15-29(31)40-3)18-35-37-32(36-26-10-5-4-9-25(26)33(37)38)30-17-23-16-24(34)11-12-27(23)42-30/h4-18H,19H2,1-3H3. The molecule has 0 saturated carbocycles. The van der Waals surface area contributed by atoms with Gasteiger partial charge in [-0.25, -0.2) is 4.98 Å². The van der Waals surface area contributed by atoms with Crippen molar-refractivity contribution >= 4 is 39.7 Å². The van der Waals surface area contributed by atoms with Crippen LogP contribution in [0.1, 0.15) is 16.7 Å². The van der Waals surface area contributed by atoms with Crippen molar-refractivity contribution in [1.82, 2.24) is 9.66 Å². The highest BCUT2D eigenvalue weighted by molar-refractivity contribution is 6.31. The molecule has 0 aliphatic rings. The molecule has 6 rings (SSSR count). The average Bonchev–Trinajstić information content (AvgIpc) is 3.42. The number of benzene rings is 4. The fourth-order valence-corrected chi connectivity index (χ4v) is 4.89. The topological polar surface area (TPSA) is 88.1 Å². The largest absolute Gasteiger partial charge is 0.493 e. The van der Waals surface area contributed by atoms with E-state index in [1.807, 2.05) is 31.2 Å². The van der Waals surface area contributed by atoms with Crippen LogP contribution in [0.25, 0.3) is 33.5 Å². The van der Waals surface area contributed by atoms with E-state index in [0.29, 0.717) is 56.7 Å². The summed E-state index contributed by atoms with van der Waals surface area (Å²) in [4.78, 5) is 18.4. The monoisotopic (exact) mass is 579 g/mol. The zero-order chi connectivity index (χ0) is 29.2. The van der Waals surface area contributed by atoms with Gasteiger partial charge < -0.3 is 18.6 Å². The normalized spacial score (nSPS) is 11.4. The van der Waals surface area contributed by atoms with Gasteiger partial charge in [0.05, 0.1) is 31.3 Å². The minimum atomic E-state index is -0.345. The first-order chi connectivity index (χ1) is 20.4. The van der Waals surface area contributed by atoms with E-state index >= 15 is 0 Å². The second-order valence-electron chi connectivity index (χ2n) is 9.64. The Morgan fingerprint density at radius 1 is 0.952 bits per heavy atom. The third kappa shape index (κ3) is 5.32. The fourth-order valence-electron chi connectivity index (χ4n) is 4.71. The van der Waals surface area contributed by atoms with Crippen LogP contribution in [0.15, 0.2) is 99.2 Å². The summed E-state index contributed by atoms with van der Waals surface area (Å²) in [7, 11) is 3.11. The second-order valence-corrected chi connectivity index (χ2v) is 10.1. The van der Waals surface area contributed by atoms with Crippen molar-refractivity contribution in [2.24, 2.45) is 5.10 Å². The van der Waals surface area contributed by atoms with Gasteiger partial charge in [-0.15, -0.1) is 0 Å². The maximum Gasteiger partial charge on any atom is 0.282 e. The van der Waals surface area contributed by atoms with Crippen molar-refractivity contribution in [1.29, 1.82) is 0 Å². The number of aryl methyl sites for hydroxylation is 1. The number of fused-ring (bicyclic) bond motifs is 2. The van der Waals surface area contributed by atoms with Gasteiger partial charge >= 0.3 is 0 Å². The molecule has 2 aromatic heterocycles. The lowest BCUT2D eigenvalue weighted by molar-refractivity contribution is 0.266. The highest BCUT2D eigenvalue weighted by Crippen LogP contribution is 2.39. The molecule has 6 aromatic rings. The summed E-state index contributed by atoms with van der Waals surface area (Å²) in [5.41, 5.74) is 3.58. The summed E-state index contributed by atoms with van der Waals surface area (Å²) in [5, 5.41) is 6.33. The molecule has 0 radical (unpaired) electrons. The van der Waals surface area contributed by atoms with Crippen molar-refractivity contribution in [2.45, 2.75) is 13.5 Å². The maximum atomic E-state index is 13.6. The zero-order valence-corrected chi connectivity index (χ0v) is 23.9. The predicted octanol–water partition coefficient (Wildman–Crippen LogP) is 7.25. The van der Waals surface area contributed by atoms with Crippen LogP contribution in [-0.2, 0) is 6.61 Å². The Morgan fingerprint density at radius 3 is 2.50 bits per heavy atom. The minimum absolute atomic E-state index is 0.249. The van der Waals surface area contributed by atoms with Gasteiger partial charge in [0, 0.05) is 16.0 Å². The van der Waals surface area contributed by atoms with Crippen LogP contribution in [0.2, 0.25) is 5.02 Å². The average molecular weight is 580 g/mol. The Morgan fingerprint density at radius 2 is 1.74 bits per heavy atom. The Bertz CT molecular complexity index is 2000. The molecule has 0 N–H and O–H groups in total. The van der Waals surface area contributed by atoms with Crippen LogP contribution in [0, 0.1) is 6.92 Å². The Kier molecular flexibility index (Phi) is 7.37. The highest BCUT2D eigenvalue weighted by atomic mass is 35.5. The number of aromatic nitrogens is 2. The lowest BCUT2D eigenvalue weighted by atomic mass is 10.1. The van der Waals surface area contributed by atoms with E-state index in [1.54, 1.807) is 68.8 Å². The first-order valence-electron chi connectivity index (χ1n) is 13.1. The van der Waals surface area contributed by atoms with Crippen LogP contribution in [0.5, 0.6) is 17.2 Å². The SMILES string of the molecule is COc1cc(C=Nn2c(-c3cc4cc(Cl)ccc4o3)nc3ccccc3c2=O)cc(OC)c1OCc1cccc(C)c1. The summed E-state index contributed by atoms with van der Waals surface area (Å²) in [6.45, 7) is 2.37. The number of rotatable bonds is 8. The van der Waals surface area contributed by atoms with Crippen LogP contribution in [0.3, 0.4) is 0 Å². The van der Waals surface area contributed by atoms with Crippen molar-refractivity contribution in [2.75, 3.05) is 14.2 Å². The number of nitrogens with zero attached hydrogens (tertiary/aromatic N) is 3. The number of ether oxygens (including phenoxy) is 3. The van der Waals surface area contributed by atoms with Crippen molar-refractivity contribution < 1.29 is 18.6 Å². The lowest BCUT2D eigenvalue weighted by Gasteiger charge is -2.15. The van der Waals surface area contributed by atoms with Crippen LogP contribution in [-0.4, -0.2) is 30.1 Å². The van der Waals surface area contributed by atoms with Crippen molar-refractivity contribution in [3.05, 3.63) is 117 Å². The zero-order valence-electron chi connectivity index (χ0n) is 23.1. The molecule has 210 valence electrons. The van der Waals surface area contributed by atoms with E-state index in [1.165, 1.54) is 10.9 Å². The molecule has 0 saturated heterocycles. The van der Waals surface area contributed by atoms with Gasteiger partial charge in [-0.05, 0) is 61.0 Å².